The highest BCUT2D eigenvalue weighted by Crippen LogP contribution is 2.02. The Morgan fingerprint density at radius 3 is 1.55 bits per heavy atom. The largest absolute Gasteiger partial charge is 0.387 e. The van der Waals surface area contributed by atoms with Gasteiger partial charge in [0.2, 0.25) is 12.7 Å². The number of methoxy groups -OCH3 is 1. The number of rotatable bonds is 25. The molecule has 0 spiro atoms. The van der Waals surface area contributed by atoms with E-state index in [9.17, 15) is 5.11 Å². The van der Waals surface area contributed by atoms with Crippen molar-refractivity contribution in [3.63, 3.8) is 0 Å². The molecule has 218 valence electrons. The van der Waals surface area contributed by atoms with Crippen LogP contribution in [0.3, 0.4) is 0 Å². The minimum atomic E-state index is -0.486. The number of aliphatic hydroxyl groups excluding tert-OH is 1. The van der Waals surface area contributed by atoms with Crippen LogP contribution in [0.4, 0.5) is 0 Å². The second-order valence-corrected chi connectivity index (χ2v) is 9.91. The number of imidazole rings is 2. The van der Waals surface area contributed by atoms with Crippen LogP contribution >= 0.6 is 0 Å². The van der Waals surface area contributed by atoms with Crippen molar-refractivity contribution in [2.24, 2.45) is 14.1 Å². The molecule has 2 unspecified atom stereocenters. The first-order chi connectivity index (χ1) is 18.6. The van der Waals surface area contributed by atoms with Crippen molar-refractivity contribution in [2.45, 2.75) is 70.2 Å². The first-order valence-electron chi connectivity index (χ1n) is 14.1. The van der Waals surface area contributed by atoms with Gasteiger partial charge in [0.15, 0.2) is 0 Å². The minimum Gasteiger partial charge on any atom is -0.387 e. The third-order valence-electron chi connectivity index (χ3n) is 6.16. The van der Waals surface area contributed by atoms with E-state index in [1.54, 1.807) is 7.11 Å². The molecule has 2 aromatic rings. The molecule has 2 rings (SSSR count). The Morgan fingerprint density at radius 2 is 1.08 bits per heavy atom. The van der Waals surface area contributed by atoms with Crippen LogP contribution in [0.25, 0.3) is 0 Å². The van der Waals surface area contributed by atoms with Gasteiger partial charge in [0.05, 0.1) is 27.3 Å². The minimum absolute atomic E-state index is 0.0614. The van der Waals surface area contributed by atoms with Crippen molar-refractivity contribution in [1.82, 2.24) is 9.13 Å². The predicted octanol–water partition coefficient (Wildman–Crippen LogP) is 1.81. The van der Waals surface area contributed by atoms with Gasteiger partial charge in [-0.3, -0.25) is 0 Å². The maximum absolute atomic E-state index is 10.0. The SMILES string of the molecule is COC(COCCCCOCCCCCOCCCCOCC(O)Cn1cc[n+](C)c1)Cn1cc[n+](C)c1. The third kappa shape index (κ3) is 16.2. The molecule has 10 heteroatoms. The molecule has 0 saturated carbocycles. The van der Waals surface area contributed by atoms with Crippen LogP contribution in [0.15, 0.2) is 37.4 Å². The normalized spacial score (nSPS) is 13.3. The highest BCUT2D eigenvalue weighted by molar-refractivity contribution is 4.70. The monoisotopic (exact) mass is 540 g/mol. The number of ether oxygens (including phenoxy) is 5. The summed E-state index contributed by atoms with van der Waals surface area (Å²) in [6.45, 7) is 6.87. The van der Waals surface area contributed by atoms with Gasteiger partial charge in [-0.1, -0.05) is 0 Å². The van der Waals surface area contributed by atoms with E-state index >= 15 is 0 Å². The van der Waals surface area contributed by atoms with Gasteiger partial charge in [0, 0.05) is 46.8 Å². The van der Waals surface area contributed by atoms with Gasteiger partial charge in [-0.25, -0.2) is 18.3 Å². The summed E-state index contributed by atoms with van der Waals surface area (Å²) in [4.78, 5) is 0. The molecule has 0 aliphatic rings. The van der Waals surface area contributed by atoms with Crippen LogP contribution in [0.1, 0.15) is 44.9 Å². The summed E-state index contributed by atoms with van der Waals surface area (Å²) in [5.41, 5.74) is 0. The molecular formula is C28H52N4O6+2. The van der Waals surface area contributed by atoms with Crippen molar-refractivity contribution in [3.8, 4) is 0 Å². The van der Waals surface area contributed by atoms with E-state index in [0.29, 0.717) is 26.4 Å². The molecule has 0 aliphatic carbocycles. The average molecular weight is 541 g/mol. The van der Waals surface area contributed by atoms with Crippen molar-refractivity contribution in [1.29, 1.82) is 0 Å². The number of hydrogen-bond donors (Lipinski definition) is 1. The van der Waals surface area contributed by atoms with Crippen LogP contribution < -0.4 is 9.13 Å². The average Bonchev–Trinajstić information content (AvgIpc) is 3.51. The van der Waals surface area contributed by atoms with Crippen LogP contribution in [-0.4, -0.2) is 86.4 Å². The molecular weight excluding hydrogens is 488 g/mol. The number of unbranched alkanes of at least 4 members (excludes halogenated alkanes) is 4. The van der Waals surface area contributed by atoms with Crippen LogP contribution in [0, 0.1) is 0 Å². The molecule has 2 atom stereocenters. The molecule has 0 bridgehead atoms. The first-order valence-corrected chi connectivity index (χ1v) is 14.1. The first kappa shape index (κ1) is 32.4. The summed E-state index contributed by atoms with van der Waals surface area (Å²) in [5.74, 6) is 0. The Hall–Kier alpha value is -1.82. The molecule has 10 nitrogen and oxygen atoms in total. The lowest BCUT2D eigenvalue weighted by atomic mass is 10.2. The maximum atomic E-state index is 10.0. The summed E-state index contributed by atoms with van der Waals surface area (Å²) < 4.78 is 36.4. The molecule has 2 heterocycles. The zero-order valence-electron chi connectivity index (χ0n) is 23.9. The lowest BCUT2D eigenvalue weighted by molar-refractivity contribution is -0.671. The molecule has 2 aromatic heterocycles. The second-order valence-electron chi connectivity index (χ2n) is 9.91. The molecule has 0 amide bonds. The van der Waals surface area contributed by atoms with E-state index in [0.717, 1.165) is 84.5 Å². The van der Waals surface area contributed by atoms with E-state index in [-0.39, 0.29) is 6.10 Å². The maximum Gasteiger partial charge on any atom is 0.243 e. The molecule has 0 aliphatic heterocycles. The number of nitrogens with zero attached hydrogens (tertiary/aromatic N) is 4. The molecule has 0 fully saturated rings. The number of aliphatic hydroxyl groups is 1. The fourth-order valence-electron chi connectivity index (χ4n) is 3.99. The van der Waals surface area contributed by atoms with Crippen LogP contribution in [0.2, 0.25) is 0 Å². The molecule has 38 heavy (non-hydrogen) atoms. The van der Waals surface area contributed by atoms with Gasteiger partial charge < -0.3 is 28.8 Å². The van der Waals surface area contributed by atoms with E-state index < -0.39 is 6.10 Å². The summed E-state index contributed by atoms with van der Waals surface area (Å²) >= 11 is 0. The second kappa shape index (κ2) is 21.1. The number of aromatic nitrogens is 4. The fraction of sp³-hybridized carbons (Fsp3) is 0.786. The summed E-state index contributed by atoms with van der Waals surface area (Å²) in [6.07, 6.45) is 18.7. The quantitative estimate of drug-likeness (QED) is 0.153. The Kier molecular flexibility index (Phi) is 17.9. The molecule has 1 N–H and O–H groups in total. The summed E-state index contributed by atoms with van der Waals surface area (Å²) in [5, 5.41) is 10.0. The van der Waals surface area contributed by atoms with E-state index in [2.05, 4.69) is 4.57 Å². The highest BCUT2D eigenvalue weighted by atomic mass is 16.5. The van der Waals surface area contributed by atoms with E-state index in [4.69, 9.17) is 23.7 Å². The van der Waals surface area contributed by atoms with Crippen LogP contribution in [0.5, 0.6) is 0 Å². The zero-order valence-corrected chi connectivity index (χ0v) is 23.9. The van der Waals surface area contributed by atoms with Crippen LogP contribution in [-0.2, 0) is 50.9 Å². The van der Waals surface area contributed by atoms with Crippen molar-refractivity contribution in [2.75, 3.05) is 60.0 Å². The smallest absolute Gasteiger partial charge is 0.243 e. The van der Waals surface area contributed by atoms with Gasteiger partial charge in [0.25, 0.3) is 0 Å². The van der Waals surface area contributed by atoms with Gasteiger partial charge in [-0.15, -0.1) is 0 Å². The zero-order chi connectivity index (χ0) is 27.3. The van der Waals surface area contributed by atoms with Gasteiger partial charge in [0.1, 0.15) is 50.1 Å². The molecule has 0 saturated heterocycles. The summed E-state index contributed by atoms with van der Waals surface area (Å²) in [7, 11) is 5.70. The van der Waals surface area contributed by atoms with Crippen molar-refractivity contribution in [3.05, 3.63) is 37.4 Å². The highest BCUT2D eigenvalue weighted by Gasteiger charge is 2.12. The van der Waals surface area contributed by atoms with Gasteiger partial charge in [-0.2, -0.15) is 0 Å². The lowest BCUT2D eigenvalue weighted by Crippen LogP contribution is -2.27. The Bertz CT molecular complexity index is 815. The third-order valence-corrected chi connectivity index (χ3v) is 6.16. The number of aryl methyl sites for hydroxylation is 2. The standard InChI is InChI=1S/C28H52N4O6/c1-29-11-13-31(25-29)21-27(33)23-37-19-9-7-17-35-15-5-4-6-16-36-18-8-10-20-38-24-28(34-3)22-32-14-12-30(2)26-32/h11-14,25-28,33H,4-10,15-24H2,1-3H3/q+2. The van der Waals surface area contributed by atoms with Crippen molar-refractivity contribution < 1.29 is 37.9 Å². The molecule has 0 aromatic carbocycles. The van der Waals surface area contributed by atoms with Gasteiger partial charge >= 0.3 is 0 Å². The Morgan fingerprint density at radius 1 is 0.632 bits per heavy atom. The summed E-state index contributed by atoms with van der Waals surface area (Å²) in [6, 6.07) is 0. The lowest BCUT2D eigenvalue weighted by Gasteiger charge is -2.13. The van der Waals surface area contributed by atoms with Crippen molar-refractivity contribution >= 4 is 0 Å². The Balaban J connectivity index is 1.25. The molecule has 0 radical (unpaired) electrons. The Labute approximate surface area is 229 Å². The van der Waals surface area contributed by atoms with E-state index in [1.807, 2.05) is 65.2 Å². The van der Waals surface area contributed by atoms with E-state index in [1.165, 1.54) is 0 Å². The van der Waals surface area contributed by atoms with Gasteiger partial charge in [-0.05, 0) is 44.9 Å². The number of hydrogen-bond acceptors (Lipinski definition) is 6. The predicted molar refractivity (Wildman–Crippen MR) is 144 cm³/mol. The topological polar surface area (TPSA) is 84.0 Å². The fourth-order valence-corrected chi connectivity index (χ4v) is 3.99.